The molecule has 1 aromatic heterocycles. The molecular formula is C13H21N5. The van der Waals surface area contributed by atoms with Crippen molar-refractivity contribution in [3.05, 3.63) is 17.5 Å². The van der Waals surface area contributed by atoms with Gasteiger partial charge in [0.1, 0.15) is 11.5 Å². The van der Waals surface area contributed by atoms with Crippen LogP contribution in [0.1, 0.15) is 44.0 Å². The quantitative estimate of drug-likeness (QED) is 0.631. The average molecular weight is 247 g/mol. The lowest BCUT2D eigenvalue weighted by Crippen LogP contribution is -2.40. The molecule has 1 saturated heterocycles. The van der Waals surface area contributed by atoms with Gasteiger partial charge in [-0.05, 0) is 38.7 Å². The van der Waals surface area contributed by atoms with Crippen LogP contribution in [0, 0.1) is 12.3 Å². The zero-order valence-corrected chi connectivity index (χ0v) is 11.1. The molecule has 0 aliphatic carbocycles. The van der Waals surface area contributed by atoms with Gasteiger partial charge < -0.3 is 10.6 Å². The van der Waals surface area contributed by atoms with Crippen molar-refractivity contribution in [1.82, 2.24) is 9.97 Å². The van der Waals surface area contributed by atoms with E-state index in [0.717, 1.165) is 24.6 Å². The fourth-order valence-electron chi connectivity index (χ4n) is 2.51. The van der Waals surface area contributed by atoms with Crippen LogP contribution in [0.5, 0.6) is 0 Å². The first-order chi connectivity index (χ1) is 8.61. The maximum absolute atomic E-state index is 7.51. The smallest absolute Gasteiger partial charge is 0.226 e. The number of rotatable bonds is 3. The van der Waals surface area contributed by atoms with Crippen molar-refractivity contribution in [2.24, 2.45) is 5.73 Å². The van der Waals surface area contributed by atoms with Crippen molar-refractivity contribution in [3.8, 4) is 0 Å². The predicted molar refractivity (Wildman–Crippen MR) is 73.1 cm³/mol. The standard InChI is InChI=1S/C13H21N5/c1-3-10-6-4-5-7-18(10)13-16-9(2)8-11(17-13)12(14)15/h8,10H,3-7H2,1-2H3,(H3,14,15). The Bertz CT molecular complexity index is 443. The first-order valence-corrected chi connectivity index (χ1v) is 6.58. The van der Waals surface area contributed by atoms with Crippen LogP contribution in [-0.4, -0.2) is 28.4 Å². The molecule has 1 aliphatic heterocycles. The maximum Gasteiger partial charge on any atom is 0.226 e. The summed E-state index contributed by atoms with van der Waals surface area (Å²) in [5.74, 6) is 0.735. The Hall–Kier alpha value is -1.65. The molecule has 0 aromatic carbocycles. The number of nitrogens with two attached hydrogens (primary N) is 1. The van der Waals surface area contributed by atoms with Gasteiger partial charge in [0.15, 0.2) is 0 Å². The van der Waals surface area contributed by atoms with Crippen LogP contribution in [0.15, 0.2) is 6.07 Å². The molecule has 1 atom stereocenters. The third-order valence-electron chi connectivity index (χ3n) is 3.47. The average Bonchev–Trinajstić information content (AvgIpc) is 2.38. The molecule has 3 N–H and O–H groups in total. The molecule has 98 valence electrons. The van der Waals surface area contributed by atoms with Crippen molar-refractivity contribution < 1.29 is 0 Å². The van der Waals surface area contributed by atoms with Gasteiger partial charge in [-0.2, -0.15) is 0 Å². The number of nitrogens with one attached hydrogen (secondary N) is 1. The minimum Gasteiger partial charge on any atom is -0.382 e. The summed E-state index contributed by atoms with van der Waals surface area (Å²) in [5, 5.41) is 7.51. The van der Waals surface area contributed by atoms with E-state index in [1.54, 1.807) is 6.07 Å². The van der Waals surface area contributed by atoms with Gasteiger partial charge in [-0.25, -0.2) is 9.97 Å². The van der Waals surface area contributed by atoms with Crippen molar-refractivity contribution in [3.63, 3.8) is 0 Å². The SMILES string of the molecule is CCC1CCCCN1c1nc(C)cc(C(=N)N)n1. The summed E-state index contributed by atoms with van der Waals surface area (Å²) in [6.07, 6.45) is 4.76. The first kappa shape index (κ1) is 12.8. The fourth-order valence-corrected chi connectivity index (χ4v) is 2.51. The van der Waals surface area contributed by atoms with E-state index < -0.39 is 0 Å². The largest absolute Gasteiger partial charge is 0.382 e. The van der Waals surface area contributed by atoms with E-state index in [4.69, 9.17) is 11.1 Å². The second-order valence-corrected chi connectivity index (χ2v) is 4.86. The molecule has 5 heteroatoms. The van der Waals surface area contributed by atoms with Crippen molar-refractivity contribution >= 4 is 11.8 Å². The summed E-state index contributed by atoms with van der Waals surface area (Å²) in [5.41, 5.74) is 6.91. The van der Waals surface area contributed by atoms with E-state index in [-0.39, 0.29) is 5.84 Å². The number of anilines is 1. The van der Waals surface area contributed by atoms with Gasteiger partial charge in [0, 0.05) is 18.3 Å². The van der Waals surface area contributed by atoms with Gasteiger partial charge in [-0.15, -0.1) is 0 Å². The van der Waals surface area contributed by atoms with Crippen molar-refractivity contribution in [2.75, 3.05) is 11.4 Å². The molecule has 1 aliphatic rings. The molecule has 0 bridgehead atoms. The first-order valence-electron chi connectivity index (χ1n) is 6.58. The number of nitrogens with zero attached hydrogens (tertiary/aromatic N) is 3. The summed E-state index contributed by atoms with van der Waals surface area (Å²) >= 11 is 0. The number of amidine groups is 1. The molecule has 0 amide bonds. The molecule has 5 nitrogen and oxygen atoms in total. The fraction of sp³-hybridized carbons (Fsp3) is 0.615. The maximum atomic E-state index is 7.51. The van der Waals surface area contributed by atoms with E-state index in [2.05, 4.69) is 21.8 Å². The monoisotopic (exact) mass is 247 g/mol. The number of piperidine rings is 1. The molecule has 0 saturated carbocycles. The van der Waals surface area contributed by atoms with Crippen molar-refractivity contribution in [2.45, 2.75) is 45.6 Å². The van der Waals surface area contributed by atoms with E-state index >= 15 is 0 Å². The Balaban J connectivity index is 2.33. The van der Waals surface area contributed by atoms with Gasteiger partial charge in [-0.3, -0.25) is 5.41 Å². The Labute approximate surface area is 108 Å². The number of aromatic nitrogens is 2. The highest BCUT2D eigenvalue weighted by Gasteiger charge is 2.23. The molecule has 2 heterocycles. The number of nitrogen functional groups attached to an aromatic ring is 1. The Morgan fingerprint density at radius 2 is 2.28 bits per heavy atom. The van der Waals surface area contributed by atoms with Gasteiger partial charge in [0.2, 0.25) is 5.95 Å². The van der Waals surface area contributed by atoms with Crippen LogP contribution < -0.4 is 10.6 Å². The van der Waals surface area contributed by atoms with Crippen LogP contribution in [-0.2, 0) is 0 Å². The molecular weight excluding hydrogens is 226 g/mol. The topological polar surface area (TPSA) is 78.9 Å². The highest BCUT2D eigenvalue weighted by Crippen LogP contribution is 2.24. The summed E-state index contributed by atoms with van der Waals surface area (Å²) < 4.78 is 0. The van der Waals surface area contributed by atoms with Crippen LogP contribution in [0.4, 0.5) is 5.95 Å². The van der Waals surface area contributed by atoms with Gasteiger partial charge in [0.25, 0.3) is 0 Å². The van der Waals surface area contributed by atoms with E-state index in [1.165, 1.54) is 19.3 Å². The summed E-state index contributed by atoms with van der Waals surface area (Å²) in [7, 11) is 0. The van der Waals surface area contributed by atoms with E-state index in [1.807, 2.05) is 6.92 Å². The number of hydrogen-bond acceptors (Lipinski definition) is 4. The summed E-state index contributed by atoms with van der Waals surface area (Å²) in [6, 6.07) is 2.27. The molecule has 0 spiro atoms. The molecule has 1 fully saturated rings. The Morgan fingerprint density at radius 3 is 2.94 bits per heavy atom. The van der Waals surface area contributed by atoms with Crippen LogP contribution in [0.2, 0.25) is 0 Å². The van der Waals surface area contributed by atoms with Crippen LogP contribution >= 0.6 is 0 Å². The summed E-state index contributed by atoms with van der Waals surface area (Å²) in [6.45, 7) is 5.12. The highest BCUT2D eigenvalue weighted by atomic mass is 15.3. The number of aryl methyl sites for hydroxylation is 1. The van der Waals surface area contributed by atoms with Crippen LogP contribution in [0.3, 0.4) is 0 Å². The van der Waals surface area contributed by atoms with E-state index in [0.29, 0.717) is 11.7 Å². The van der Waals surface area contributed by atoms with Gasteiger partial charge in [-0.1, -0.05) is 6.92 Å². The second kappa shape index (κ2) is 5.33. The lowest BCUT2D eigenvalue weighted by Gasteiger charge is -2.35. The normalized spacial score (nSPS) is 19.9. The molecule has 18 heavy (non-hydrogen) atoms. The Kier molecular flexibility index (Phi) is 3.79. The van der Waals surface area contributed by atoms with E-state index in [9.17, 15) is 0 Å². The molecule has 1 aromatic rings. The number of hydrogen-bond donors (Lipinski definition) is 2. The molecule has 0 radical (unpaired) electrons. The molecule has 1 unspecified atom stereocenters. The predicted octanol–water partition coefficient (Wildman–Crippen LogP) is 1.84. The van der Waals surface area contributed by atoms with Gasteiger partial charge >= 0.3 is 0 Å². The minimum absolute atomic E-state index is 0.00630. The zero-order chi connectivity index (χ0) is 13.1. The Morgan fingerprint density at radius 1 is 1.50 bits per heavy atom. The summed E-state index contributed by atoms with van der Waals surface area (Å²) in [4.78, 5) is 11.2. The zero-order valence-electron chi connectivity index (χ0n) is 11.1. The molecule has 2 rings (SSSR count). The van der Waals surface area contributed by atoms with Crippen LogP contribution in [0.25, 0.3) is 0 Å². The third kappa shape index (κ3) is 2.60. The minimum atomic E-state index is 0.00630. The third-order valence-corrected chi connectivity index (χ3v) is 3.47. The van der Waals surface area contributed by atoms with Crippen molar-refractivity contribution in [1.29, 1.82) is 5.41 Å². The highest BCUT2D eigenvalue weighted by molar-refractivity contribution is 5.93. The lowest BCUT2D eigenvalue weighted by molar-refractivity contribution is 0.443. The van der Waals surface area contributed by atoms with Gasteiger partial charge in [0.05, 0.1) is 0 Å². The lowest BCUT2D eigenvalue weighted by atomic mass is 10.0. The second-order valence-electron chi connectivity index (χ2n) is 4.86.